The molecule has 136 valence electrons. The molecule has 0 rings (SSSR count). The first-order valence-corrected chi connectivity index (χ1v) is 12.1. The lowest BCUT2D eigenvalue weighted by Gasteiger charge is -2.35. The number of carbonyl (C=O) groups is 1. The van der Waals surface area contributed by atoms with E-state index in [0.29, 0.717) is 13.0 Å². The Balaban J connectivity index is 3.90. The average molecular weight is 349 g/mol. The second kappa shape index (κ2) is 12.3. The van der Waals surface area contributed by atoms with Crippen molar-refractivity contribution in [1.29, 1.82) is 0 Å². The molecule has 2 nitrogen and oxygen atoms in total. The van der Waals surface area contributed by atoms with Gasteiger partial charge in [0.05, 0.1) is 6.61 Å². The van der Waals surface area contributed by atoms with E-state index < -0.39 is 8.32 Å². The van der Waals surface area contributed by atoms with Gasteiger partial charge in [0.2, 0.25) is 5.78 Å². The van der Waals surface area contributed by atoms with E-state index in [-0.39, 0.29) is 10.8 Å². The second-order valence-corrected chi connectivity index (χ2v) is 12.5. The predicted octanol–water partition coefficient (Wildman–Crippen LogP) is 6.05. The van der Waals surface area contributed by atoms with Crippen LogP contribution in [-0.2, 0) is 9.22 Å². The first-order chi connectivity index (χ1) is 11.2. The Morgan fingerprint density at radius 2 is 1.79 bits per heavy atom. The van der Waals surface area contributed by atoms with Crippen LogP contribution >= 0.6 is 0 Å². The minimum absolute atomic E-state index is 0.00294. The maximum absolute atomic E-state index is 11.6. The zero-order chi connectivity index (χ0) is 18.5. The SMILES string of the molecule is CCCCC/C=C/C#CC(=O)CC/C=C\CO[Si](C)(C)C(C)(C)C. The van der Waals surface area contributed by atoms with E-state index in [1.165, 1.54) is 19.3 Å². The Labute approximate surface area is 150 Å². The van der Waals surface area contributed by atoms with E-state index in [4.69, 9.17) is 4.43 Å². The maximum atomic E-state index is 11.6. The predicted molar refractivity (Wildman–Crippen MR) is 108 cm³/mol. The van der Waals surface area contributed by atoms with Crippen LogP contribution in [0.3, 0.4) is 0 Å². The molecule has 0 fully saturated rings. The Morgan fingerprint density at radius 3 is 2.42 bits per heavy atom. The third-order valence-corrected chi connectivity index (χ3v) is 8.94. The standard InChI is InChI=1S/C21H36O2Si/c1-7-8-9-10-11-12-14-17-20(22)18-15-13-16-19-23-24(5,6)21(2,3)4/h11-13,16H,7-10,15,18-19H2,1-6H3/b12-11+,16-13-. The smallest absolute Gasteiger partial charge is 0.206 e. The highest BCUT2D eigenvalue weighted by Gasteiger charge is 2.36. The monoisotopic (exact) mass is 348 g/mol. The molecule has 0 aromatic rings. The lowest BCUT2D eigenvalue weighted by atomic mass is 10.2. The average Bonchev–Trinajstić information content (AvgIpc) is 2.48. The molecule has 24 heavy (non-hydrogen) atoms. The number of hydrogen-bond acceptors (Lipinski definition) is 2. The van der Waals surface area contributed by atoms with Gasteiger partial charge in [0.15, 0.2) is 8.32 Å². The molecule has 0 radical (unpaired) electrons. The maximum Gasteiger partial charge on any atom is 0.206 e. The van der Waals surface area contributed by atoms with Gasteiger partial charge in [0, 0.05) is 6.42 Å². The summed E-state index contributed by atoms with van der Waals surface area (Å²) in [5, 5.41) is 0.233. The van der Waals surface area contributed by atoms with Crippen LogP contribution in [0, 0.1) is 11.8 Å². The summed E-state index contributed by atoms with van der Waals surface area (Å²) in [4.78, 5) is 11.6. The lowest BCUT2D eigenvalue weighted by molar-refractivity contribution is -0.113. The summed E-state index contributed by atoms with van der Waals surface area (Å²) in [5.74, 6) is 5.50. The van der Waals surface area contributed by atoms with Crippen LogP contribution in [0.2, 0.25) is 18.1 Å². The Kier molecular flexibility index (Phi) is 11.7. The number of Topliss-reactive ketones (excluding diaryl/α,β-unsaturated/α-hetero) is 1. The van der Waals surface area contributed by atoms with Gasteiger partial charge in [-0.2, -0.15) is 0 Å². The quantitative estimate of drug-likeness (QED) is 0.158. The summed E-state index contributed by atoms with van der Waals surface area (Å²) in [6.07, 6.45) is 13.8. The van der Waals surface area contributed by atoms with Crippen molar-refractivity contribution < 1.29 is 9.22 Å². The minimum Gasteiger partial charge on any atom is -0.413 e. The highest BCUT2D eigenvalue weighted by Crippen LogP contribution is 2.36. The van der Waals surface area contributed by atoms with Crippen LogP contribution in [0.15, 0.2) is 24.3 Å². The molecule has 0 aromatic heterocycles. The number of rotatable bonds is 10. The fourth-order valence-corrected chi connectivity index (χ4v) is 2.66. The highest BCUT2D eigenvalue weighted by atomic mass is 28.4. The summed E-state index contributed by atoms with van der Waals surface area (Å²) < 4.78 is 6.05. The van der Waals surface area contributed by atoms with Crippen LogP contribution in [0.25, 0.3) is 0 Å². The lowest BCUT2D eigenvalue weighted by Crippen LogP contribution is -2.40. The molecule has 0 unspecified atom stereocenters. The number of hydrogen-bond donors (Lipinski definition) is 0. The van der Waals surface area contributed by atoms with E-state index in [1.807, 2.05) is 18.2 Å². The molecule has 0 aromatic carbocycles. The third-order valence-electron chi connectivity index (χ3n) is 4.44. The molecule has 0 aliphatic rings. The van der Waals surface area contributed by atoms with Gasteiger partial charge in [-0.1, -0.05) is 64.7 Å². The fraction of sp³-hybridized carbons (Fsp3) is 0.667. The van der Waals surface area contributed by atoms with E-state index in [1.54, 1.807) is 6.08 Å². The summed E-state index contributed by atoms with van der Waals surface area (Å²) in [7, 11) is -1.67. The van der Waals surface area contributed by atoms with Crippen molar-refractivity contribution in [2.75, 3.05) is 6.61 Å². The Bertz CT molecular complexity index is 470. The number of ketones is 1. The van der Waals surface area contributed by atoms with Crippen LogP contribution in [0.1, 0.15) is 66.2 Å². The number of allylic oxidation sites excluding steroid dienone is 3. The van der Waals surface area contributed by atoms with Gasteiger partial charge in [-0.05, 0) is 49.4 Å². The van der Waals surface area contributed by atoms with Gasteiger partial charge >= 0.3 is 0 Å². The molecular weight excluding hydrogens is 312 g/mol. The molecule has 0 atom stereocenters. The molecule has 0 bridgehead atoms. The number of carbonyl (C=O) groups excluding carboxylic acids is 1. The van der Waals surface area contributed by atoms with Crippen LogP contribution in [0.4, 0.5) is 0 Å². The summed E-state index contributed by atoms with van der Waals surface area (Å²) in [5.41, 5.74) is 0. The van der Waals surface area contributed by atoms with Crippen molar-refractivity contribution in [1.82, 2.24) is 0 Å². The van der Waals surface area contributed by atoms with Crippen molar-refractivity contribution in [3.8, 4) is 11.8 Å². The van der Waals surface area contributed by atoms with Crippen molar-refractivity contribution in [3.63, 3.8) is 0 Å². The molecule has 0 spiro atoms. The number of unbranched alkanes of at least 4 members (excludes halogenated alkanes) is 3. The van der Waals surface area contributed by atoms with E-state index >= 15 is 0 Å². The van der Waals surface area contributed by atoms with Gasteiger partial charge in [0.1, 0.15) is 0 Å². The van der Waals surface area contributed by atoms with Crippen molar-refractivity contribution >= 4 is 14.1 Å². The van der Waals surface area contributed by atoms with Gasteiger partial charge in [-0.25, -0.2) is 0 Å². The van der Waals surface area contributed by atoms with E-state index in [2.05, 4.69) is 52.6 Å². The Morgan fingerprint density at radius 1 is 1.08 bits per heavy atom. The minimum atomic E-state index is -1.67. The first-order valence-electron chi connectivity index (χ1n) is 9.19. The van der Waals surface area contributed by atoms with Crippen LogP contribution in [-0.4, -0.2) is 20.7 Å². The summed E-state index contributed by atoms with van der Waals surface area (Å²) in [6, 6.07) is 0. The Hall–Kier alpha value is -1.11. The van der Waals surface area contributed by atoms with Gasteiger partial charge in [-0.3, -0.25) is 4.79 Å². The van der Waals surface area contributed by atoms with Crippen molar-refractivity contribution in [2.45, 2.75) is 84.4 Å². The molecule has 0 N–H and O–H groups in total. The van der Waals surface area contributed by atoms with E-state index in [9.17, 15) is 4.79 Å². The molecule has 3 heteroatoms. The highest BCUT2D eigenvalue weighted by molar-refractivity contribution is 6.74. The van der Waals surface area contributed by atoms with Gasteiger partial charge in [-0.15, -0.1) is 0 Å². The molecule has 0 aliphatic heterocycles. The summed E-state index contributed by atoms with van der Waals surface area (Å²) in [6.45, 7) is 14.0. The largest absolute Gasteiger partial charge is 0.413 e. The van der Waals surface area contributed by atoms with Gasteiger partial charge < -0.3 is 4.43 Å². The molecule has 0 aliphatic carbocycles. The first kappa shape index (κ1) is 22.9. The van der Waals surface area contributed by atoms with Crippen molar-refractivity contribution in [2.24, 2.45) is 0 Å². The molecule has 0 amide bonds. The van der Waals surface area contributed by atoms with E-state index in [0.717, 1.165) is 12.8 Å². The topological polar surface area (TPSA) is 26.3 Å². The molecule has 0 saturated heterocycles. The summed E-state index contributed by atoms with van der Waals surface area (Å²) >= 11 is 0. The molecule has 0 saturated carbocycles. The zero-order valence-electron chi connectivity index (χ0n) is 16.6. The zero-order valence-corrected chi connectivity index (χ0v) is 17.6. The van der Waals surface area contributed by atoms with Crippen LogP contribution < -0.4 is 0 Å². The van der Waals surface area contributed by atoms with Crippen molar-refractivity contribution in [3.05, 3.63) is 24.3 Å². The van der Waals surface area contributed by atoms with Gasteiger partial charge in [0.25, 0.3) is 0 Å². The fourth-order valence-electron chi connectivity index (χ4n) is 1.71. The van der Waals surface area contributed by atoms with Crippen LogP contribution in [0.5, 0.6) is 0 Å². The molecular formula is C21H36O2Si. The third kappa shape index (κ3) is 11.4. The second-order valence-electron chi connectivity index (χ2n) is 7.67. The molecule has 0 heterocycles. The normalized spacial score (nSPS) is 12.6.